The Morgan fingerprint density at radius 2 is 2.23 bits per heavy atom. The fourth-order valence-electron chi connectivity index (χ4n) is 0.667. The summed E-state index contributed by atoms with van der Waals surface area (Å²) in [5.41, 5.74) is 0. The predicted molar refractivity (Wildman–Crippen MR) is 53.8 cm³/mol. The monoisotopic (exact) mass is 274 g/mol. The van der Waals surface area contributed by atoms with Crippen LogP contribution < -0.4 is 0 Å². The van der Waals surface area contributed by atoms with Gasteiger partial charge in [-0.3, -0.25) is 0 Å². The maximum absolute atomic E-state index is 4.10. The molecule has 2 rings (SSSR count). The Kier molecular flexibility index (Phi) is 2.87. The van der Waals surface area contributed by atoms with Crippen molar-refractivity contribution in [3.63, 3.8) is 0 Å². The van der Waals surface area contributed by atoms with Gasteiger partial charge in [-0.2, -0.15) is 4.37 Å². The summed E-state index contributed by atoms with van der Waals surface area (Å²) in [4.78, 5) is 12.0. The minimum atomic E-state index is 0.853. The van der Waals surface area contributed by atoms with Crippen molar-refractivity contribution in [2.45, 2.75) is 9.37 Å². The van der Waals surface area contributed by atoms with E-state index >= 15 is 0 Å². The summed E-state index contributed by atoms with van der Waals surface area (Å²) in [5, 5.41) is 0.853. The molecule has 0 aliphatic heterocycles. The van der Waals surface area contributed by atoms with Crippen molar-refractivity contribution >= 4 is 39.2 Å². The van der Waals surface area contributed by atoms with Gasteiger partial charge in [-0.15, -0.1) is 0 Å². The standard InChI is InChI=1S/C6H3BrN4S2/c7-4-1-8-2-9-5(4)12-6-10-3-11-13-6/h1-3H. The van der Waals surface area contributed by atoms with Crippen LogP contribution in [0, 0.1) is 0 Å². The van der Waals surface area contributed by atoms with E-state index in [-0.39, 0.29) is 0 Å². The maximum Gasteiger partial charge on any atom is 0.176 e. The molecule has 2 aromatic rings. The summed E-state index contributed by atoms with van der Waals surface area (Å²) in [7, 11) is 0. The van der Waals surface area contributed by atoms with Gasteiger partial charge in [0.05, 0.1) is 4.47 Å². The first-order valence-electron chi connectivity index (χ1n) is 3.26. The zero-order chi connectivity index (χ0) is 9.10. The Morgan fingerprint density at radius 3 is 2.92 bits per heavy atom. The fraction of sp³-hybridized carbons (Fsp3) is 0. The van der Waals surface area contributed by atoms with E-state index in [0.717, 1.165) is 13.8 Å². The lowest BCUT2D eigenvalue weighted by molar-refractivity contribution is 1.02. The summed E-state index contributed by atoms with van der Waals surface area (Å²) in [6.45, 7) is 0. The van der Waals surface area contributed by atoms with Gasteiger partial charge in [0.25, 0.3) is 0 Å². The zero-order valence-electron chi connectivity index (χ0n) is 6.22. The molecule has 0 radical (unpaired) electrons. The Balaban J connectivity index is 2.24. The van der Waals surface area contributed by atoms with Crippen molar-refractivity contribution in [3.05, 3.63) is 23.3 Å². The summed E-state index contributed by atoms with van der Waals surface area (Å²) >= 11 is 6.17. The van der Waals surface area contributed by atoms with Crippen molar-refractivity contribution in [1.82, 2.24) is 19.3 Å². The second-order valence-electron chi connectivity index (χ2n) is 1.99. The van der Waals surface area contributed by atoms with Crippen molar-refractivity contribution in [2.24, 2.45) is 0 Å². The zero-order valence-corrected chi connectivity index (χ0v) is 9.43. The third kappa shape index (κ3) is 2.23. The molecule has 2 heterocycles. The van der Waals surface area contributed by atoms with Gasteiger partial charge in [-0.25, -0.2) is 15.0 Å². The summed E-state index contributed by atoms with van der Waals surface area (Å²) in [6.07, 6.45) is 4.74. The third-order valence-corrected chi connectivity index (χ3v) is 3.74. The van der Waals surface area contributed by atoms with Crippen molar-refractivity contribution in [1.29, 1.82) is 0 Å². The van der Waals surface area contributed by atoms with E-state index in [1.807, 2.05) is 0 Å². The molecule has 0 bridgehead atoms. The largest absolute Gasteiger partial charge is 0.244 e. The lowest BCUT2D eigenvalue weighted by Crippen LogP contribution is -1.82. The normalized spacial score (nSPS) is 10.2. The molecule has 13 heavy (non-hydrogen) atoms. The van der Waals surface area contributed by atoms with Crippen LogP contribution in [0.15, 0.2) is 32.7 Å². The van der Waals surface area contributed by atoms with Crippen molar-refractivity contribution in [3.8, 4) is 0 Å². The topological polar surface area (TPSA) is 51.6 Å². The van der Waals surface area contributed by atoms with Crippen LogP contribution >= 0.6 is 39.2 Å². The second kappa shape index (κ2) is 4.12. The lowest BCUT2D eigenvalue weighted by Gasteiger charge is -1.96. The van der Waals surface area contributed by atoms with Crippen LogP contribution in [0.2, 0.25) is 0 Å². The highest BCUT2D eigenvalue weighted by Crippen LogP contribution is 2.30. The Bertz CT molecular complexity index is 391. The first-order valence-corrected chi connectivity index (χ1v) is 5.64. The highest BCUT2D eigenvalue weighted by molar-refractivity contribution is 9.10. The van der Waals surface area contributed by atoms with Gasteiger partial charge in [0.2, 0.25) is 0 Å². The van der Waals surface area contributed by atoms with Gasteiger partial charge < -0.3 is 0 Å². The van der Waals surface area contributed by atoms with Crippen molar-refractivity contribution in [2.75, 3.05) is 0 Å². The van der Waals surface area contributed by atoms with Crippen molar-refractivity contribution < 1.29 is 0 Å². The summed E-state index contributed by atoms with van der Waals surface area (Å²) < 4.78 is 5.64. The molecule has 0 aliphatic rings. The van der Waals surface area contributed by atoms with Gasteiger partial charge in [0.15, 0.2) is 4.34 Å². The molecule has 0 saturated heterocycles. The van der Waals surface area contributed by atoms with E-state index in [0.29, 0.717) is 0 Å². The minimum Gasteiger partial charge on any atom is -0.244 e. The fourth-order valence-corrected chi connectivity index (χ4v) is 2.44. The first kappa shape index (κ1) is 9.04. The van der Waals surface area contributed by atoms with Gasteiger partial charge in [0.1, 0.15) is 17.7 Å². The van der Waals surface area contributed by atoms with E-state index < -0.39 is 0 Å². The predicted octanol–water partition coefficient (Wildman–Crippen LogP) is 2.24. The molecule has 4 nitrogen and oxygen atoms in total. The Hall–Kier alpha value is -0.530. The Morgan fingerprint density at radius 1 is 1.31 bits per heavy atom. The molecule has 7 heteroatoms. The second-order valence-corrected chi connectivity index (χ2v) is 4.86. The lowest BCUT2D eigenvalue weighted by atomic mass is 10.7. The SMILES string of the molecule is Brc1cncnc1Sc1ncns1. The molecule has 0 spiro atoms. The van der Waals surface area contributed by atoms with E-state index in [9.17, 15) is 0 Å². The van der Waals surface area contributed by atoms with Crippen LogP contribution in [0.25, 0.3) is 0 Å². The quantitative estimate of drug-likeness (QED) is 0.787. The highest BCUT2D eigenvalue weighted by Gasteiger charge is 2.05. The van der Waals surface area contributed by atoms with Gasteiger partial charge in [-0.05, 0) is 39.2 Å². The number of rotatable bonds is 2. The molecule has 0 amide bonds. The van der Waals surface area contributed by atoms with Gasteiger partial charge in [-0.1, -0.05) is 0 Å². The number of halogens is 1. The molecule has 0 aromatic carbocycles. The molecule has 0 atom stereocenters. The molecular weight excluding hydrogens is 272 g/mol. The Labute approximate surface area is 91.1 Å². The van der Waals surface area contributed by atoms with Crippen LogP contribution in [-0.4, -0.2) is 19.3 Å². The van der Waals surface area contributed by atoms with Crippen LogP contribution in [-0.2, 0) is 0 Å². The van der Waals surface area contributed by atoms with Crippen LogP contribution in [0.3, 0.4) is 0 Å². The number of aromatic nitrogens is 4. The summed E-state index contributed by atoms with van der Waals surface area (Å²) in [6, 6.07) is 0. The molecule has 0 N–H and O–H groups in total. The average Bonchev–Trinajstić information content (AvgIpc) is 2.61. The van der Waals surface area contributed by atoms with Crippen LogP contribution in [0.4, 0.5) is 0 Å². The molecule has 0 fully saturated rings. The molecule has 0 aliphatic carbocycles. The molecule has 2 aromatic heterocycles. The number of nitrogens with zero attached hydrogens (tertiary/aromatic N) is 4. The molecule has 0 saturated carbocycles. The minimum absolute atomic E-state index is 0.853. The number of hydrogen-bond donors (Lipinski definition) is 0. The summed E-state index contributed by atoms with van der Waals surface area (Å²) in [5.74, 6) is 0. The highest BCUT2D eigenvalue weighted by atomic mass is 79.9. The smallest absolute Gasteiger partial charge is 0.176 e. The first-order chi connectivity index (χ1) is 6.36. The van der Waals surface area contributed by atoms with Crippen LogP contribution in [0.1, 0.15) is 0 Å². The van der Waals surface area contributed by atoms with Crippen LogP contribution in [0.5, 0.6) is 0 Å². The third-order valence-electron chi connectivity index (χ3n) is 1.16. The molecule has 0 unspecified atom stereocenters. The van der Waals surface area contributed by atoms with Gasteiger partial charge in [0, 0.05) is 6.20 Å². The molecule has 66 valence electrons. The van der Waals surface area contributed by atoms with E-state index in [1.54, 1.807) is 6.20 Å². The van der Waals surface area contributed by atoms with Gasteiger partial charge >= 0.3 is 0 Å². The average molecular weight is 275 g/mol. The maximum atomic E-state index is 4.10. The van der Waals surface area contributed by atoms with E-state index in [2.05, 4.69) is 35.3 Å². The van der Waals surface area contributed by atoms with E-state index in [1.165, 1.54) is 35.9 Å². The number of hydrogen-bond acceptors (Lipinski definition) is 6. The van der Waals surface area contributed by atoms with E-state index in [4.69, 9.17) is 0 Å². The molecular formula is C6H3BrN4S2.